The molecule has 0 aromatic carbocycles. The maximum atomic E-state index is 11.3. The van der Waals surface area contributed by atoms with Crippen LogP contribution in [-0.4, -0.2) is 17.7 Å². The number of hydrogen-bond acceptors (Lipinski definition) is 2. The summed E-state index contributed by atoms with van der Waals surface area (Å²) in [5.74, 6) is -0.00231. The van der Waals surface area contributed by atoms with Crippen molar-refractivity contribution in [1.29, 1.82) is 0 Å². The lowest BCUT2D eigenvalue weighted by Gasteiger charge is -2.33. The fourth-order valence-electron chi connectivity index (χ4n) is 1.94. The molecule has 80 valence electrons. The minimum absolute atomic E-state index is 0.00231. The van der Waals surface area contributed by atoms with Crippen LogP contribution in [0.3, 0.4) is 0 Å². The van der Waals surface area contributed by atoms with E-state index in [0.29, 0.717) is 12.8 Å². The summed E-state index contributed by atoms with van der Waals surface area (Å²) in [6, 6.07) is 0. The second-order valence-corrected chi connectivity index (χ2v) is 5.32. The van der Waals surface area contributed by atoms with Gasteiger partial charge in [-0.1, -0.05) is 34.1 Å². The Morgan fingerprint density at radius 3 is 1.69 bits per heavy atom. The molecule has 0 aliphatic heterocycles. The second-order valence-electron chi connectivity index (χ2n) is 3.56. The van der Waals surface area contributed by atoms with Crippen molar-refractivity contribution < 1.29 is 13.0 Å². The molecule has 4 heteroatoms. The Balaban J connectivity index is 5.16. The van der Waals surface area contributed by atoms with Crippen LogP contribution in [0.1, 0.15) is 47.0 Å². The third-order valence-corrected chi connectivity index (χ3v) is 5.23. The summed E-state index contributed by atoms with van der Waals surface area (Å²) in [5.41, 5.74) is 0. The topological polar surface area (TPSA) is 54.4 Å². The van der Waals surface area contributed by atoms with Gasteiger partial charge in [0, 0.05) is 0 Å². The Kier molecular flexibility index (Phi) is 4.39. The normalized spacial score (nSPS) is 15.8. The summed E-state index contributed by atoms with van der Waals surface area (Å²) in [6.45, 7) is 7.43. The lowest BCUT2D eigenvalue weighted by atomic mass is 9.86. The average molecular weight is 208 g/mol. The highest BCUT2D eigenvalue weighted by Crippen LogP contribution is 2.35. The van der Waals surface area contributed by atoms with Gasteiger partial charge >= 0.3 is 0 Å². The first-order valence-electron chi connectivity index (χ1n) is 4.82. The fraction of sp³-hybridized carbons (Fsp3) is 1.00. The zero-order chi connectivity index (χ0) is 10.7. The smallest absolute Gasteiger partial charge is 0.270 e. The van der Waals surface area contributed by atoms with Gasteiger partial charge in [-0.2, -0.15) is 8.42 Å². The fourth-order valence-corrected chi connectivity index (χ4v) is 3.34. The first-order chi connectivity index (χ1) is 5.85. The molecule has 0 rings (SSSR count). The van der Waals surface area contributed by atoms with E-state index >= 15 is 0 Å². The van der Waals surface area contributed by atoms with Crippen LogP contribution in [-0.2, 0) is 10.1 Å². The van der Waals surface area contributed by atoms with Crippen molar-refractivity contribution in [3.05, 3.63) is 0 Å². The highest BCUT2D eigenvalue weighted by molar-refractivity contribution is 7.87. The number of rotatable bonds is 5. The maximum absolute atomic E-state index is 11.3. The third-order valence-electron chi connectivity index (χ3n) is 3.22. The lowest BCUT2D eigenvalue weighted by Crippen LogP contribution is -2.43. The minimum Gasteiger partial charge on any atom is -0.285 e. The Morgan fingerprint density at radius 2 is 1.62 bits per heavy atom. The zero-order valence-electron chi connectivity index (χ0n) is 8.87. The van der Waals surface area contributed by atoms with Gasteiger partial charge in [0.25, 0.3) is 10.1 Å². The summed E-state index contributed by atoms with van der Waals surface area (Å²) < 4.78 is 30.8. The van der Waals surface area contributed by atoms with Crippen molar-refractivity contribution in [2.75, 3.05) is 0 Å². The SMILES string of the molecule is CCC(C)C(CC)(CC)S(=O)(=O)O. The van der Waals surface area contributed by atoms with E-state index in [4.69, 9.17) is 0 Å². The van der Waals surface area contributed by atoms with Crippen molar-refractivity contribution in [2.24, 2.45) is 5.92 Å². The van der Waals surface area contributed by atoms with Gasteiger partial charge in [0.2, 0.25) is 0 Å². The summed E-state index contributed by atoms with van der Waals surface area (Å²) in [7, 11) is -3.94. The first kappa shape index (κ1) is 12.9. The molecule has 0 aliphatic rings. The van der Waals surface area contributed by atoms with E-state index in [1.807, 2.05) is 27.7 Å². The van der Waals surface area contributed by atoms with Crippen molar-refractivity contribution in [1.82, 2.24) is 0 Å². The Morgan fingerprint density at radius 1 is 1.23 bits per heavy atom. The maximum Gasteiger partial charge on any atom is 0.270 e. The summed E-state index contributed by atoms with van der Waals surface area (Å²) in [4.78, 5) is 0. The van der Waals surface area contributed by atoms with Crippen molar-refractivity contribution >= 4 is 10.1 Å². The van der Waals surface area contributed by atoms with E-state index in [-0.39, 0.29) is 5.92 Å². The van der Waals surface area contributed by atoms with Gasteiger partial charge in [-0.05, 0) is 18.8 Å². The molecule has 3 nitrogen and oxygen atoms in total. The molecule has 0 aromatic heterocycles. The molecule has 0 amide bonds. The molecule has 13 heavy (non-hydrogen) atoms. The van der Waals surface area contributed by atoms with Gasteiger partial charge in [0.15, 0.2) is 0 Å². The van der Waals surface area contributed by atoms with Gasteiger partial charge in [-0.25, -0.2) is 0 Å². The molecule has 0 saturated carbocycles. The number of hydrogen-bond donors (Lipinski definition) is 1. The predicted octanol–water partition coefficient (Wildman–Crippen LogP) is 2.48. The first-order valence-corrected chi connectivity index (χ1v) is 6.26. The van der Waals surface area contributed by atoms with Gasteiger partial charge < -0.3 is 0 Å². The van der Waals surface area contributed by atoms with E-state index in [0.717, 1.165) is 6.42 Å². The van der Waals surface area contributed by atoms with Crippen molar-refractivity contribution in [2.45, 2.75) is 51.7 Å². The summed E-state index contributed by atoms with van der Waals surface area (Å²) in [6.07, 6.45) is 1.70. The molecule has 0 fully saturated rings. The lowest BCUT2D eigenvalue weighted by molar-refractivity contribution is 0.315. The third kappa shape index (κ3) is 2.23. The molecule has 0 bridgehead atoms. The minimum atomic E-state index is -3.94. The molecule has 0 aromatic rings. The van der Waals surface area contributed by atoms with Crippen molar-refractivity contribution in [3.8, 4) is 0 Å². The van der Waals surface area contributed by atoms with Crippen LogP contribution in [0, 0.1) is 5.92 Å². The average Bonchev–Trinajstić information content (AvgIpc) is 2.04. The molecule has 0 radical (unpaired) electrons. The van der Waals surface area contributed by atoms with E-state index in [1.54, 1.807) is 0 Å². The molecule has 0 heterocycles. The van der Waals surface area contributed by atoms with Crippen LogP contribution in [0.25, 0.3) is 0 Å². The standard InChI is InChI=1S/C9H20O3S/c1-5-8(4)9(6-2,7-3)13(10,11)12/h8H,5-7H2,1-4H3,(H,10,11,12). The van der Waals surface area contributed by atoms with Gasteiger partial charge in [-0.3, -0.25) is 4.55 Å². The zero-order valence-corrected chi connectivity index (χ0v) is 9.69. The predicted molar refractivity (Wildman–Crippen MR) is 54.3 cm³/mol. The van der Waals surface area contributed by atoms with Gasteiger partial charge in [-0.15, -0.1) is 0 Å². The van der Waals surface area contributed by atoms with Crippen LogP contribution < -0.4 is 0 Å². The van der Waals surface area contributed by atoms with Crippen LogP contribution in [0.15, 0.2) is 0 Å². The quantitative estimate of drug-likeness (QED) is 0.706. The molecule has 1 N–H and O–H groups in total. The van der Waals surface area contributed by atoms with Gasteiger partial charge in [0.05, 0.1) is 4.75 Å². The molecular formula is C9H20O3S. The molecule has 0 aliphatic carbocycles. The summed E-state index contributed by atoms with van der Waals surface area (Å²) >= 11 is 0. The Labute approximate surface area is 81.3 Å². The molecular weight excluding hydrogens is 188 g/mol. The largest absolute Gasteiger partial charge is 0.285 e. The van der Waals surface area contributed by atoms with E-state index < -0.39 is 14.9 Å². The molecule has 1 atom stereocenters. The van der Waals surface area contributed by atoms with Gasteiger partial charge in [0.1, 0.15) is 0 Å². The van der Waals surface area contributed by atoms with Crippen molar-refractivity contribution in [3.63, 3.8) is 0 Å². The summed E-state index contributed by atoms with van der Waals surface area (Å²) in [5, 5.41) is 0. The Bertz CT molecular complexity index is 240. The molecule has 1 unspecified atom stereocenters. The highest BCUT2D eigenvalue weighted by atomic mass is 32.2. The molecule has 0 spiro atoms. The van der Waals surface area contributed by atoms with Crippen LogP contribution in [0.2, 0.25) is 0 Å². The van der Waals surface area contributed by atoms with Crippen LogP contribution in [0.5, 0.6) is 0 Å². The van der Waals surface area contributed by atoms with Crippen LogP contribution >= 0.6 is 0 Å². The highest BCUT2D eigenvalue weighted by Gasteiger charge is 2.43. The van der Waals surface area contributed by atoms with E-state index in [2.05, 4.69) is 0 Å². The van der Waals surface area contributed by atoms with E-state index in [9.17, 15) is 13.0 Å². The molecule has 0 saturated heterocycles. The second kappa shape index (κ2) is 4.42. The Hall–Kier alpha value is -0.0900. The van der Waals surface area contributed by atoms with E-state index in [1.165, 1.54) is 0 Å². The monoisotopic (exact) mass is 208 g/mol. The van der Waals surface area contributed by atoms with Crippen LogP contribution in [0.4, 0.5) is 0 Å².